The Bertz CT molecular complexity index is 1220. The number of carboxylic acid groups (broad SMARTS) is 2. The highest BCUT2D eigenvalue weighted by atomic mass is 19.4. The van der Waals surface area contributed by atoms with Gasteiger partial charge in [0.05, 0.1) is 0 Å². The van der Waals surface area contributed by atoms with Gasteiger partial charge < -0.3 is 15.2 Å². The van der Waals surface area contributed by atoms with Crippen molar-refractivity contribution in [3.63, 3.8) is 0 Å². The van der Waals surface area contributed by atoms with Crippen LogP contribution in [0.1, 0.15) is 11.3 Å². The molecule has 0 saturated carbocycles. The lowest BCUT2D eigenvalue weighted by molar-refractivity contribution is -0.193. The van der Waals surface area contributed by atoms with Gasteiger partial charge in [0, 0.05) is 56.7 Å². The molecule has 2 aromatic carbocycles. The summed E-state index contributed by atoms with van der Waals surface area (Å²) >= 11 is 0. The maximum atomic E-state index is 10.6. The molecule has 1 fully saturated rings. The van der Waals surface area contributed by atoms with Gasteiger partial charge in [-0.2, -0.15) is 26.3 Å². The predicted molar refractivity (Wildman–Crippen MR) is 139 cm³/mol. The van der Waals surface area contributed by atoms with Crippen molar-refractivity contribution in [1.29, 1.82) is 0 Å². The van der Waals surface area contributed by atoms with Gasteiger partial charge in [0.15, 0.2) is 0 Å². The van der Waals surface area contributed by atoms with Crippen LogP contribution in [0.2, 0.25) is 0 Å². The smallest absolute Gasteiger partial charge is 0.475 e. The molecular formula is C27H28F6N4O4. The molecule has 0 spiro atoms. The third-order valence-corrected chi connectivity index (χ3v) is 5.49. The lowest BCUT2D eigenvalue weighted by Gasteiger charge is -2.33. The van der Waals surface area contributed by atoms with E-state index in [1.54, 1.807) is 0 Å². The molecule has 1 aliphatic heterocycles. The first kappa shape index (κ1) is 33.0. The maximum Gasteiger partial charge on any atom is 0.490 e. The Kier molecular flexibility index (Phi) is 12.5. The van der Waals surface area contributed by atoms with Crippen molar-refractivity contribution in [2.75, 3.05) is 32.7 Å². The lowest BCUT2D eigenvalue weighted by atomic mass is 10.2. The number of nitrogens with one attached hydrogen (secondary N) is 1. The summed E-state index contributed by atoms with van der Waals surface area (Å²) in [5.41, 5.74) is 3.59. The number of piperazine rings is 1. The summed E-state index contributed by atoms with van der Waals surface area (Å²) in [6.07, 6.45) is -3.72. The van der Waals surface area contributed by atoms with Crippen LogP contribution >= 0.6 is 0 Å². The van der Waals surface area contributed by atoms with Crippen molar-refractivity contribution in [3.8, 4) is 11.4 Å². The summed E-state index contributed by atoms with van der Waals surface area (Å²) in [5, 5.41) is 14.2. The van der Waals surface area contributed by atoms with Crippen molar-refractivity contribution in [1.82, 2.24) is 19.8 Å². The average molecular weight is 587 g/mol. The van der Waals surface area contributed by atoms with E-state index in [9.17, 15) is 26.3 Å². The molecule has 0 unspecified atom stereocenters. The number of imidazole rings is 1. The number of carboxylic acids is 2. The molecule has 2 heterocycles. The van der Waals surface area contributed by atoms with Gasteiger partial charge >= 0.3 is 24.3 Å². The third-order valence-electron chi connectivity index (χ3n) is 5.49. The number of aromatic amines is 1. The molecule has 222 valence electrons. The summed E-state index contributed by atoms with van der Waals surface area (Å²) in [6, 6.07) is 20.8. The highest BCUT2D eigenvalue weighted by Crippen LogP contribution is 2.16. The molecule has 1 saturated heterocycles. The molecule has 1 aliphatic rings. The normalized spacial score (nSPS) is 14.5. The van der Waals surface area contributed by atoms with E-state index in [-0.39, 0.29) is 0 Å². The molecule has 0 radical (unpaired) electrons. The zero-order valence-electron chi connectivity index (χ0n) is 21.6. The first-order chi connectivity index (χ1) is 19.3. The fourth-order valence-electron chi connectivity index (χ4n) is 3.46. The van der Waals surface area contributed by atoms with Crippen molar-refractivity contribution in [2.45, 2.75) is 18.9 Å². The minimum absolute atomic E-state index is 0.938. The van der Waals surface area contributed by atoms with E-state index in [1.807, 2.05) is 24.4 Å². The van der Waals surface area contributed by atoms with E-state index in [0.717, 1.165) is 50.7 Å². The van der Waals surface area contributed by atoms with Gasteiger partial charge in [-0.25, -0.2) is 14.6 Å². The summed E-state index contributed by atoms with van der Waals surface area (Å²) in [5.74, 6) is -4.56. The van der Waals surface area contributed by atoms with E-state index < -0.39 is 24.3 Å². The van der Waals surface area contributed by atoms with Crippen LogP contribution in [0.4, 0.5) is 26.3 Å². The van der Waals surface area contributed by atoms with Crippen LogP contribution in [0.25, 0.3) is 17.5 Å². The second-order valence-corrected chi connectivity index (χ2v) is 8.62. The van der Waals surface area contributed by atoms with E-state index in [4.69, 9.17) is 19.8 Å². The highest BCUT2D eigenvalue weighted by Gasteiger charge is 2.38. The lowest BCUT2D eigenvalue weighted by Crippen LogP contribution is -2.45. The number of H-pyrrole nitrogens is 1. The Morgan fingerprint density at radius 3 is 1.76 bits per heavy atom. The molecule has 0 bridgehead atoms. The number of nitrogens with zero attached hydrogens (tertiary/aromatic N) is 3. The summed E-state index contributed by atoms with van der Waals surface area (Å²) in [7, 11) is 0. The zero-order valence-corrected chi connectivity index (χ0v) is 21.6. The van der Waals surface area contributed by atoms with Gasteiger partial charge in [-0.3, -0.25) is 9.80 Å². The van der Waals surface area contributed by atoms with Gasteiger partial charge in [-0.15, -0.1) is 0 Å². The Morgan fingerprint density at radius 1 is 0.805 bits per heavy atom. The minimum Gasteiger partial charge on any atom is -0.475 e. The second-order valence-electron chi connectivity index (χ2n) is 8.62. The molecule has 3 aromatic rings. The summed E-state index contributed by atoms with van der Waals surface area (Å²) in [6.45, 7) is 6.37. The van der Waals surface area contributed by atoms with Gasteiger partial charge in [0.2, 0.25) is 0 Å². The number of alkyl halides is 6. The van der Waals surface area contributed by atoms with Crippen LogP contribution < -0.4 is 0 Å². The maximum absolute atomic E-state index is 10.6. The number of hydrogen-bond acceptors (Lipinski definition) is 5. The monoisotopic (exact) mass is 586 g/mol. The van der Waals surface area contributed by atoms with E-state index in [1.165, 1.54) is 11.3 Å². The number of aliphatic carboxylic acids is 2. The Morgan fingerprint density at radius 2 is 1.27 bits per heavy atom. The van der Waals surface area contributed by atoms with Crippen LogP contribution in [0.3, 0.4) is 0 Å². The SMILES string of the molecule is C(=Cc1ccccc1)CN1CCN(Cc2cnc(-c3ccccc3)[nH]2)CC1.O=C(O)C(F)(F)F.O=C(O)C(F)(F)F. The van der Waals surface area contributed by atoms with E-state index >= 15 is 0 Å². The van der Waals surface area contributed by atoms with Crippen molar-refractivity contribution < 1.29 is 46.1 Å². The molecule has 14 heteroatoms. The molecule has 0 atom stereocenters. The Hall–Kier alpha value is -4.17. The summed E-state index contributed by atoms with van der Waals surface area (Å²) in [4.78, 5) is 30.8. The first-order valence-electron chi connectivity index (χ1n) is 12.1. The zero-order chi connectivity index (χ0) is 30.5. The topological polar surface area (TPSA) is 110 Å². The summed E-state index contributed by atoms with van der Waals surface area (Å²) < 4.78 is 63.5. The van der Waals surface area contributed by atoms with Gasteiger partial charge in [0.25, 0.3) is 0 Å². The quantitative estimate of drug-likeness (QED) is 0.342. The van der Waals surface area contributed by atoms with Crippen molar-refractivity contribution in [2.24, 2.45) is 0 Å². The van der Waals surface area contributed by atoms with E-state index in [0.29, 0.717) is 0 Å². The highest BCUT2D eigenvalue weighted by molar-refractivity contribution is 5.73. The Balaban J connectivity index is 0.000000349. The van der Waals surface area contributed by atoms with Crippen LogP contribution in [0.5, 0.6) is 0 Å². The first-order valence-corrected chi connectivity index (χ1v) is 12.1. The molecule has 4 rings (SSSR count). The van der Waals surface area contributed by atoms with Gasteiger partial charge in [0.1, 0.15) is 5.82 Å². The van der Waals surface area contributed by atoms with Crippen LogP contribution in [-0.4, -0.2) is 87.0 Å². The second kappa shape index (κ2) is 15.6. The number of rotatable bonds is 6. The molecule has 0 amide bonds. The van der Waals surface area contributed by atoms with Gasteiger partial charge in [-0.05, 0) is 5.56 Å². The fourth-order valence-corrected chi connectivity index (χ4v) is 3.46. The van der Waals surface area contributed by atoms with Crippen molar-refractivity contribution >= 4 is 18.0 Å². The molecule has 0 aliphatic carbocycles. The number of benzene rings is 2. The fraction of sp³-hybridized carbons (Fsp3) is 0.296. The standard InChI is InChI=1S/C23H26N4.2C2HF3O2/c1-3-8-20(9-4-1)10-7-13-26-14-16-27(17-15-26)19-22-18-24-23(25-22)21-11-5-2-6-12-21;2*3-2(4,5)1(6)7/h1-12,18H,13-17,19H2,(H,24,25);2*(H,6,7). The Labute approximate surface area is 231 Å². The number of aromatic nitrogens is 2. The van der Waals surface area contributed by atoms with Crippen LogP contribution in [0, 0.1) is 0 Å². The number of hydrogen-bond donors (Lipinski definition) is 3. The van der Waals surface area contributed by atoms with Crippen LogP contribution in [-0.2, 0) is 16.1 Å². The predicted octanol–water partition coefficient (Wildman–Crippen LogP) is 5.17. The molecular weight excluding hydrogens is 558 g/mol. The van der Waals surface area contributed by atoms with Crippen LogP contribution in [0.15, 0.2) is 72.9 Å². The molecule has 8 nitrogen and oxygen atoms in total. The minimum atomic E-state index is -5.08. The number of halogens is 6. The average Bonchev–Trinajstić information content (AvgIpc) is 3.39. The van der Waals surface area contributed by atoms with E-state index in [2.05, 4.69) is 74.4 Å². The molecule has 41 heavy (non-hydrogen) atoms. The number of carbonyl (C=O) groups is 2. The van der Waals surface area contributed by atoms with Crippen molar-refractivity contribution in [3.05, 3.63) is 84.2 Å². The third kappa shape index (κ3) is 12.7. The molecule has 1 aromatic heterocycles. The molecule has 3 N–H and O–H groups in total. The largest absolute Gasteiger partial charge is 0.490 e. The van der Waals surface area contributed by atoms with Gasteiger partial charge in [-0.1, -0.05) is 72.8 Å².